The zero-order valence-corrected chi connectivity index (χ0v) is 17.0. The Hall–Kier alpha value is -3.13. The molecule has 1 atom stereocenters. The van der Waals surface area contributed by atoms with E-state index >= 15 is 0 Å². The van der Waals surface area contributed by atoms with Crippen LogP contribution in [0.15, 0.2) is 47.6 Å². The molecule has 0 aliphatic carbocycles. The first kappa shape index (κ1) is 19.6. The van der Waals surface area contributed by atoms with E-state index in [9.17, 15) is 4.79 Å². The molecule has 2 N–H and O–H groups in total. The minimum atomic E-state index is -0.484. The van der Waals surface area contributed by atoms with E-state index in [2.05, 4.69) is 20.8 Å². The van der Waals surface area contributed by atoms with Crippen LogP contribution in [0.3, 0.4) is 0 Å². The molecule has 0 saturated carbocycles. The van der Waals surface area contributed by atoms with Crippen molar-refractivity contribution in [1.82, 2.24) is 10.4 Å². The van der Waals surface area contributed by atoms with E-state index in [1.807, 2.05) is 43.3 Å². The van der Waals surface area contributed by atoms with Crippen LogP contribution in [-0.2, 0) is 4.79 Å². The third-order valence-corrected chi connectivity index (χ3v) is 5.13. The van der Waals surface area contributed by atoms with Crippen molar-refractivity contribution in [3.8, 4) is 11.5 Å². The van der Waals surface area contributed by atoms with Gasteiger partial charge in [-0.3, -0.25) is 4.79 Å². The standard InChI is InChI=1S/C20H22N4O3S/c1-12(14-9-10-16(26-3)17(11-14)27-4)23-24-19(25)13(2)21-20-22-15-7-5-6-8-18(15)28-20/h5-11,13H,1-4H3,(H,21,22)(H,24,25)/b23-12-/t13-/m1/s1. The van der Waals surface area contributed by atoms with Gasteiger partial charge in [-0.25, -0.2) is 10.4 Å². The van der Waals surface area contributed by atoms with Gasteiger partial charge < -0.3 is 14.8 Å². The molecule has 0 aliphatic heterocycles. The number of carbonyl (C=O) groups excluding carboxylic acids is 1. The first-order valence-electron chi connectivity index (χ1n) is 8.70. The molecule has 3 rings (SSSR count). The number of rotatable bonds is 7. The highest BCUT2D eigenvalue weighted by Gasteiger charge is 2.15. The lowest BCUT2D eigenvalue weighted by Gasteiger charge is -2.12. The van der Waals surface area contributed by atoms with Crippen molar-refractivity contribution in [2.45, 2.75) is 19.9 Å². The number of nitrogens with zero attached hydrogens (tertiary/aromatic N) is 2. The Kier molecular flexibility index (Phi) is 6.10. The van der Waals surface area contributed by atoms with Gasteiger partial charge in [0.05, 0.1) is 30.1 Å². The van der Waals surface area contributed by atoms with Crippen LogP contribution in [0.4, 0.5) is 5.13 Å². The van der Waals surface area contributed by atoms with Crippen LogP contribution in [-0.4, -0.2) is 36.9 Å². The fourth-order valence-electron chi connectivity index (χ4n) is 2.55. The molecule has 0 saturated heterocycles. The van der Waals surface area contributed by atoms with Gasteiger partial charge in [-0.1, -0.05) is 23.5 Å². The van der Waals surface area contributed by atoms with Crippen molar-refractivity contribution in [3.63, 3.8) is 0 Å². The first-order valence-corrected chi connectivity index (χ1v) is 9.52. The number of carbonyl (C=O) groups is 1. The highest BCUT2D eigenvalue weighted by Crippen LogP contribution is 2.28. The number of hydrazone groups is 1. The van der Waals surface area contributed by atoms with Crippen molar-refractivity contribution in [2.24, 2.45) is 5.10 Å². The van der Waals surface area contributed by atoms with Gasteiger partial charge in [0, 0.05) is 5.56 Å². The Balaban J connectivity index is 1.64. The number of hydrogen-bond donors (Lipinski definition) is 2. The van der Waals surface area contributed by atoms with Crippen molar-refractivity contribution in [3.05, 3.63) is 48.0 Å². The number of hydrogen-bond acceptors (Lipinski definition) is 7. The van der Waals surface area contributed by atoms with Crippen molar-refractivity contribution in [1.29, 1.82) is 0 Å². The van der Waals surface area contributed by atoms with Crippen molar-refractivity contribution >= 4 is 38.3 Å². The molecule has 0 aliphatic rings. The van der Waals surface area contributed by atoms with Crippen LogP contribution in [0.25, 0.3) is 10.2 Å². The van der Waals surface area contributed by atoms with E-state index in [-0.39, 0.29) is 5.91 Å². The Morgan fingerprint density at radius 2 is 1.89 bits per heavy atom. The number of amides is 1. The molecule has 28 heavy (non-hydrogen) atoms. The number of fused-ring (bicyclic) bond motifs is 1. The van der Waals surface area contributed by atoms with Gasteiger partial charge in [0.2, 0.25) is 0 Å². The van der Waals surface area contributed by atoms with E-state index in [1.165, 1.54) is 11.3 Å². The number of anilines is 1. The average Bonchev–Trinajstić information content (AvgIpc) is 3.13. The second-order valence-corrected chi connectivity index (χ2v) is 7.13. The molecule has 1 aromatic heterocycles. The van der Waals surface area contributed by atoms with Crippen LogP contribution >= 0.6 is 11.3 Å². The van der Waals surface area contributed by atoms with Crippen molar-refractivity contribution < 1.29 is 14.3 Å². The summed E-state index contributed by atoms with van der Waals surface area (Å²) in [4.78, 5) is 16.9. The third kappa shape index (κ3) is 4.40. The van der Waals surface area contributed by atoms with Gasteiger partial charge in [0.25, 0.3) is 5.91 Å². The predicted molar refractivity (Wildman–Crippen MR) is 113 cm³/mol. The monoisotopic (exact) mass is 398 g/mol. The maximum Gasteiger partial charge on any atom is 0.262 e. The summed E-state index contributed by atoms with van der Waals surface area (Å²) in [5.41, 5.74) is 4.98. The SMILES string of the molecule is COc1ccc(/C(C)=N\NC(=O)[C@@H](C)Nc2nc3ccccc3s2)cc1OC. The molecule has 146 valence electrons. The van der Waals surface area contributed by atoms with Gasteiger partial charge >= 0.3 is 0 Å². The quantitative estimate of drug-likeness (QED) is 0.469. The molecule has 0 bridgehead atoms. The second-order valence-electron chi connectivity index (χ2n) is 6.10. The minimum absolute atomic E-state index is 0.251. The molecule has 2 aromatic carbocycles. The lowest BCUT2D eigenvalue weighted by atomic mass is 10.1. The van der Waals surface area contributed by atoms with Crippen LogP contribution in [0, 0.1) is 0 Å². The summed E-state index contributed by atoms with van der Waals surface area (Å²) in [7, 11) is 3.16. The topological polar surface area (TPSA) is 84.8 Å². The number of para-hydroxylation sites is 1. The molecular weight excluding hydrogens is 376 g/mol. The molecular formula is C20H22N4O3S. The molecule has 0 spiro atoms. The lowest BCUT2D eigenvalue weighted by Crippen LogP contribution is -2.35. The maximum absolute atomic E-state index is 12.4. The molecule has 1 heterocycles. The Morgan fingerprint density at radius 1 is 1.14 bits per heavy atom. The number of nitrogens with one attached hydrogen (secondary N) is 2. The molecule has 7 nitrogen and oxygen atoms in total. The Labute approximate surface area is 167 Å². The third-order valence-electron chi connectivity index (χ3n) is 4.16. The van der Waals surface area contributed by atoms with Gasteiger partial charge in [-0.15, -0.1) is 0 Å². The van der Waals surface area contributed by atoms with Crippen LogP contribution in [0.5, 0.6) is 11.5 Å². The van der Waals surface area contributed by atoms with Crippen molar-refractivity contribution in [2.75, 3.05) is 19.5 Å². The van der Waals surface area contributed by atoms with Crippen LogP contribution in [0.2, 0.25) is 0 Å². The number of benzene rings is 2. The minimum Gasteiger partial charge on any atom is -0.493 e. The summed E-state index contributed by atoms with van der Waals surface area (Å²) in [6.07, 6.45) is 0. The summed E-state index contributed by atoms with van der Waals surface area (Å²) < 4.78 is 11.6. The summed E-state index contributed by atoms with van der Waals surface area (Å²) in [5.74, 6) is 0.988. The number of aromatic nitrogens is 1. The predicted octanol–water partition coefficient (Wildman–Crippen LogP) is 3.65. The van der Waals surface area contributed by atoms with E-state index in [4.69, 9.17) is 9.47 Å². The number of ether oxygens (including phenoxy) is 2. The highest BCUT2D eigenvalue weighted by atomic mass is 32.1. The molecule has 1 amide bonds. The molecule has 3 aromatic rings. The molecule has 0 unspecified atom stereocenters. The average molecular weight is 398 g/mol. The van der Waals surface area contributed by atoms with E-state index < -0.39 is 6.04 Å². The van der Waals surface area contributed by atoms with Gasteiger partial charge in [0.1, 0.15) is 6.04 Å². The van der Waals surface area contributed by atoms with E-state index in [0.717, 1.165) is 15.8 Å². The summed E-state index contributed by atoms with van der Waals surface area (Å²) in [6, 6.07) is 12.8. The maximum atomic E-state index is 12.4. The zero-order chi connectivity index (χ0) is 20.1. The zero-order valence-electron chi connectivity index (χ0n) is 16.1. The van der Waals surface area contributed by atoms with E-state index in [0.29, 0.717) is 22.3 Å². The second kappa shape index (κ2) is 8.71. The van der Waals surface area contributed by atoms with E-state index in [1.54, 1.807) is 27.2 Å². The van der Waals surface area contributed by atoms with Gasteiger partial charge in [-0.05, 0) is 44.2 Å². The van der Waals surface area contributed by atoms with Crippen LogP contribution < -0.4 is 20.2 Å². The Morgan fingerprint density at radius 3 is 2.61 bits per heavy atom. The first-order chi connectivity index (χ1) is 13.5. The largest absolute Gasteiger partial charge is 0.493 e. The summed E-state index contributed by atoms with van der Waals surface area (Å²) in [6.45, 7) is 3.58. The highest BCUT2D eigenvalue weighted by molar-refractivity contribution is 7.22. The molecule has 8 heteroatoms. The fraction of sp³-hybridized carbons (Fsp3) is 0.250. The van der Waals surface area contributed by atoms with Crippen LogP contribution in [0.1, 0.15) is 19.4 Å². The Bertz CT molecular complexity index is 983. The molecule has 0 fully saturated rings. The summed E-state index contributed by atoms with van der Waals surface area (Å²) in [5, 5.41) is 8.01. The van der Waals surface area contributed by atoms with Gasteiger partial charge in [0.15, 0.2) is 16.6 Å². The fourth-order valence-corrected chi connectivity index (χ4v) is 3.50. The summed E-state index contributed by atoms with van der Waals surface area (Å²) >= 11 is 1.51. The normalized spacial score (nSPS) is 12.5. The smallest absolute Gasteiger partial charge is 0.262 e. The number of methoxy groups -OCH3 is 2. The molecule has 0 radical (unpaired) electrons. The number of thiazole rings is 1. The van der Waals surface area contributed by atoms with Gasteiger partial charge in [-0.2, -0.15) is 5.10 Å². The lowest BCUT2D eigenvalue weighted by molar-refractivity contribution is -0.121.